The van der Waals surface area contributed by atoms with Crippen molar-refractivity contribution in [3.63, 3.8) is 0 Å². The summed E-state index contributed by atoms with van der Waals surface area (Å²) < 4.78 is 6.58. The van der Waals surface area contributed by atoms with Gasteiger partial charge in [0.1, 0.15) is 11.5 Å². The third-order valence-electron chi connectivity index (χ3n) is 3.80. The molecule has 120 valence electrons. The van der Waals surface area contributed by atoms with Crippen LogP contribution in [0.3, 0.4) is 0 Å². The van der Waals surface area contributed by atoms with Crippen molar-refractivity contribution in [3.05, 3.63) is 42.6 Å². The van der Waals surface area contributed by atoms with Crippen molar-refractivity contribution in [2.24, 2.45) is 0 Å². The number of phenolic OH excluding ortho intramolecular Hbond substituents is 1. The number of hydrogen-bond donors (Lipinski definition) is 2. The van der Waals surface area contributed by atoms with E-state index in [1.807, 2.05) is 6.07 Å². The number of carbonyl (C=O) groups is 1. The largest absolute Gasteiger partial charge is 0.507 e. The minimum atomic E-state index is -0.291. The molecule has 1 heterocycles. The number of amides is 1. The summed E-state index contributed by atoms with van der Waals surface area (Å²) in [6, 6.07) is 6.51. The summed E-state index contributed by atoms with van der Waals surface area (Å²) in [6.45, 7) is 3.97. The summed E-state index contributed by atoms with van der Waals surface area (Å²) in [5, 5.41) is 17.2. The fraction of sp³-hybridized carbons (Fsp3) is 0.294. The molecule has 0 spiro atoms. The lowest BCUT2D eigenvalue weighted by atomic mass is 10.1. The number of rotatable bonds is 5. The Kier molecular flexibility index (Phi) is 4.06. The second-order valence-corrected chi connectivity index (χ2v) is 5.50. The molecule has 0 atom stereocenters. The van der Waals surface area contributed by atoms with Crippen LogP contribution in [0.1, 0.15) is 24.5 Å². The second kappa shape index (κ2) is 6.16. The van der Waals surface area contributed by atoms with Crippen LogP contribution in [0, 0.1) is 0 Å². The summed E-state index contributed by atoms with van der Waals surface area (Å²) in [6.07, 6.45) is 3.71. The van der Waals surface area contributed by atoms with Crippen LogP contribution in [-0.4, -0.2) is 34.6 Å². The number of carbonyl (C=O) groups excluding carboxylic acids is 1. The van der Waals surface area contributed by atoms with Crippen molar-refractivity contribution in [1.82, 2.24) is 15.1 Å². The highest BCUT2D eigenvalue weighted by atomic mass is 16.5. The molecule has 6 nitrogen and oxygen atoms in total. The molecule has 1 aromatic heterocycles. The van der Waals surface area contributed by atoms with E-state index in [0.29, 0.717) is 29.5 Å². The molecule has 0 unspecified atom stereocenters. The molecule has 2 N–H and O–H groups in total. The molecule has 1 amide bonds. The van der Waals surface area contributed by atoms with E-state index in [4.69, 9.17) is 4.74 Å². The summed E-state index contributed by atoms with van der Waals surface area (Å²) >= 11 is 0. The van der Waals surface area contributed by atoms with Gasteiger partial charge in [0.2, 0.25) is 0 Å². The van der Waals surface area contributed by atoms with Gasteiger partial charge in [0, 0.05) is 18.0 Å². The number of hydrogen-bond acceptors (Lipinski definition) is 4. The first kappa shape index (κ1) is 15.1. The maximum atomic E-state index is 12.3. The summed E-state index contributed by atoms with van der Waals surface area (Å²) in [5.74, 6) is 1.07. The molecule has 0 saturated heterocycles. The van der Waals surface area contributed by atoms with Crippen LogP contribution in [0.25, 0.3) is 11.3 Å². The van der Waals surface area contributed by atoms with E-state index in [0.717, 1.165) is 18.5 Å². The van der Waals surface area contributed by atoms with Gasteiger partial charge in [-0.2, -0.15) is 9.78 Å². The van der Waals surface area contributed by atoms with E-state index in [-0.39, 0.29) is 11.8 Å². The molecule has 1 saturated carbocycles. The Labute approximate surface area is 134 Å². The normalized spacial score (nSPS) is 13.6. The SMILES string of the molecule is C=CCNC(=O)n1nc(-c2cc(OC)ccc2O)cc1C1CC1. The number of phenols is 1. The number of benzene rings is 1. The maximum Gasteiger partial charge on any atom is 0.342 e. The molecule has 1 aliphatic carbocycles. The molecule has 2 aromatic rings. The van der Waals surface area contributed by atoms with Gasteiger partial charge in [0.25, 0.3) is 0 Å². The van der Waals surface area contributed by atoms with Crippen molar-refractivity contribution in [3.8, 4) is 22.8 Å². The van der Waals surface area contributed by atoms with Gasteiger partial charge in [0.05, 0.1) is 18.5 Å². The van der Waals surface area contributed by atoms with Gasteiger partial charge < -0.3 is 15.2 Å². The van der Waals surface area contributed by atoms with E-state index in [2.05, 4.69) is 17.0 Å². The number of methoxy groups -OCH3 is 1. The fourth-order valence-corrected chi connectivity index (χ4v) is 2.44. The Morgan fingerprint density at radius 1 is 1.52 bits per heavy atom. The molecular formula is C17H19N3O3. The zero-order valence-electron chi connectivity index (χ0n) is 13.0. The maximum absolute atomic E-state index is 12.3. The lowest BCUT2D eigenvalue weighted by molar-refractivity contribution is 0.240. The zero-order valence-corrected chi connectivity index (χ0v) is 13.0. The summed E-state index contributed by atoms with van der Waals surface area (Å²) in [7, 11) is 1.56. The molecule has 3 rings (SSSR count). The standard InChI is InChI=1S/C17H19N3O3/c1-3-8-18-17(22)20-15(11-4-5-11)10-14(19-20)13-9-12(23-2)6-7-16(13)21/h3,6-7,9-11,21H,1,4-5,8H2,2H3,(H,18,22). The molecule has 6 heteroatoms. The smallest absolute Gasteiger partial charge is 0.342 e. The van der Waals surface area contributed by atoms with Gasteiger partial charge in [-0.15, -0.1) is 6.58 Å². The zero-order chi connectivity index (χ0) is 16.4. The Balaban J connectivity index is 2.00. The Morgan fingerprint density at radius 2 is 2.30 bits per heavy atom. The van der Waals surface area contributed by atoms with Crippen molar-refractivity contribution in [2.45, 2.75) is 18.8 Å². The van der Waals surface area contributed by atoms with Crippen LogP contribution >= 0.6 is 0 Å². The van der Waals surface area contributed by atoms with Gasteiger partial charge in [-0.05, 0) is 37.1 Å². The monoisotopic (exact) mass is 313 g/mol. The average molecular weight is 313 g/mol. The number of nitrogens with zero attached hydrogens (tertiary/aromatic N) is 2. The van der Waals surface area contributed by atoms with Crippen LogP contribution < -0.4 is 10.1 Å². The summed E-state index contributed by atoms with van der Waals surface area (Å²) in [4.78, 5) is 12.3. The average Bonchev–Trinajstić information content (AvgIpc) is 3.32. The molecule has 1 aromatic carbocycles. The topological polar surface area (TPSA) is 76.4 Å². The third-order valence-corrected chi connectivity index (χ3v) is 3.80. The van der Waals surface area contributed by atoms with Crippen LogP contribution in [0.5, 0.6) is 11.5 Å². The highest BCUT2D eigenvalue weighted by Crippen LogP contribution is 2.42. The van der Waals surface area contributed by atoms with Gasteiger partial charge in [0.15, 0.2) is 0 Å². The third kappa shape index (κ3) is 3.06. The van der Waals surface area contributed by atoms with Crippen LogP contribution in [0.4, 0.5) is 4.79 Å². The van der Waals surface area contributed by atoms with Crippen molar-refractivity contribution < 1.29 is 14.6 Å². The molecule has 0 aliphatic heterocycles. The number of aromatic nitrogens is 2. The quantitative estimate of drug-likeness (QED) is 0.832. The number of aromatic hydroxyl groups is 1. The molecule has 1 fully saturated rings. The molecule has 0 bridgehead atoms. The molecule has 0 radical (unpaired) electrons. The predicted octanol–water partition coefficient (Wildman–Crippen LogP) is 2.89. The highest BCUT2D eigenvalue weighted by molar-refractivity contribution is 5.79. The first-order valence-electron chi connectivity index (χ1n) is 7.50. The van der Waals surface area contributed by atoms with Crippen molar-refractivity contribution in [1.29, 1.82) is 0 Å². The minimum absolute atomic E-state index is 0.101. The minimum Gasteiger partial charge on any atom is -0.507 e. The number of ether oxygens (including phenoxy) is 1. The van der Waals surface area contributed by atoms with Gasteiger partial charge in [-0.25, -0.2) is 4.79 Å². The first-order chi connectivity index (χ1) is 11.1. The first-order valence-corrected chi connectivity index (χ1v) is 7.50. The van der Waals surface area contributed by atoms with E-state index in [1.54, 1.807) is 31.4 Å². The second-order valence-electron chi connectivity index (χ2n) is 5.50. The Morgan fingerprint density at radius 3 is 2.96 bits per heavy atom. The van der Waals surface area contributed by atoms with Gasteiger partial charge in [-0.3, -0.25) is 0 Å². The van der Waals surface area contributed by atoms with Gasteiger partial charge >= 0.3 is 6.03 Å². The summed E-state index contributed by atoms with van der Waals surface area (Å²) in [5.41, 5.74) is 1.96. The molecule has 23 heavy (non-hydrogen) atoms. The Bertz CT molecular complexity index is 748. The Hall–Kier alpha value is -2.76. The lowest BCUT2D eigenvalue weighted by Gasteiger charge is -2.06. The van der Waals surface area contributed by atoms with E-state index < -0.39 is 0 Å². The highest BCUT2D eigenvalue weighted by Gasteiger charge is 2.30. The van der Waals surface area contributed by atoms with Crippen LogP contribution in [-0.2, 0) is 0 Å². The molecule has 1 aliphatic rings. The van der Waals surface area contributed by atoms with Crippen molar-refractivity contribution in [2.75, 3.05) is 13.7 Å². The lowest BCUT2D eigenvalue weighted by Crippen LogP contribution is -2.30. The van der Waals surface area contributed by atoms with Crippen LogP contribution in [0.15, 0.2) is 36.9 Å². The van der Waals surface area contributed by atoms with Crippen LogP contribution in [0.2, 0.25) is 0 Å². The van der Waals surface area contributed by atoms with E-state index in [1.165, 1.54) is 4.68 Å². The van der Waals surface area contributed by atoms with E-state index in [9.17, 15) is 9.90 Å². The van der Waals surface area contributed by atoms with Gasteiger partial charge in [-0.1, -0.05) is 6.08 Å². The van der Waals surface area contributed by atoms with Crippen molar-refractivity contribution >= 4 is 6.03 Å². The predicted molar refractivity (Wildman–Crippen MR) is 86.8 cm³/mol. The van der Waals surface area contributed by atoms with E-state index >= 15 is 0 Å². The number of nitrogens with one attached hydrogen (secondary N) is 1. The fourth-order valence-electron chi connectivity index (χ4n) is 2.44. The molecular weight excluding hydrogens is 294 g/mol.